The van der Waals surface area contributed by atoms with E-state index < -0.39 is 18.5 Å². The first kappa shape index (κ1) is 21.5. The van der Waals surface area contributed by atoms with E-state index in [0.717, 1.165) is 0 Å². The number of rotatable bonds is 8. The van der Waals surface area contributed by atoms with E-state index in [4.69, 9.17) is 11.6 Å². The van der Waals surface area contributed by atoms with Crippen LogP contribution in [-0.4, -0.2) is 27.8 Å². The number of aromatic nitrogens is 3. The fourth-order valence-corrected chi connectivity index (χ4v) is 3.06. The van der Waals surface area contributed by atoms with Crippen molar-refractivity contribution in [3.8, 4) is 17.0 Å². The highest BCUT2D eigenvalue weighted by Gasteiger charge is 2.31. The Bertz CT molecular complexity index is 793. The van der Waals surface area contributed by atoms with Crippen LogP contribution in [0.5, 0.6) is 5.75 Å². The first-order chi connectivity index (χ1) is 12.6. The third kappa shape index (κ3) is 4.72. The molecule has 9 heteroatoms. The van der Waals surface area contributed by atoms with Crippen LogP contribution in [-0.2, 0) is 19.4 Å². The van der Waals surface area contributed by atoms with Gasteiger partial charge in [-0.2, -0.15) is 13.9 Å². The highest BCUT2D eigenvalue weighted by Crippen LogP contribution is 2.38. The van der Waals surface area contributed by atoms with Gasteiger partial charge in [0.1, 0.15) is 5.75 Å². The van der Waals surface area contributed by atoms with Crippen LogP contribution in [0.2, 0.25) is 5.02 Å². The van der Waals surface area contributed by atoms with Gasteiger partial charge in [-0.1, -0.05) is 32.4 Å². The van der Waals surface area contributed by atoms with E-state index >= 15 is 0 Å². The topological polar surface area (TPSA) is 39.9 Å². The fraction of sp³-hybridized carbons (Fsp3) is 0.556. The van der Waals surface area contributed by atoms with Crippen LogP contribution in [0, 0.1) is 5.41 Å². The predicted octanol–water partition coefficient (Wildman–Crippen LogP) is 5.62. The van der Waals surface area contributed by atoms with Crippen LogP contribution in [0.15, 0.2) is 12.3 Å². The zero-order chi connectivity index (χ0) is 20.4. The highest BCUT2D eigenvalue weighted by atomic mass is 35.5. The summed E-state index contributed by atoms with van der Waals surface area (Å²) in [7, 11) is 0. The van der Waals surface area contributed by atoms with E-state index in [9.17, 15) is 17.6 Å². The Labute approximate surface area is 160 Å². The van der Waals surface area contributed by atoms with Crippen LogP contribution in [0.25, 0.3) is 11.3 Å². The van der Waals surface area contributed by atoms with Gasteiger partial charge in [-0.15, -0.1) is 0 Å². The van der Waals surface area contributed by atoms with Gasteiger partial charge in [-0.25, -0.2) is 8.78 Å². The van der Waals surface area contributed by atoms with Crippen LogP contribution < -0.4 is 4.74 Å². The summed E-state index contributed by atoms with van der Waals surface area (Å²) in [5.41, 5.74) is 0.162. The molecule has 27 heavy (non-hydrogen) atoms. The van der Waals surface area contributed by atoms with Crippen LogP contribution in [0.1, 0.15) is 39.1 Å². The number of hydrogen-bond donors (Lipinski definition) is 0. The van der Waals surface area contributed by atoms with Crippen molar-refractivity contribution in [3.63, 3.8) is 0 Å². The number of aryl methyl sites for hydroxylation is 2. The van der Waals surface area contributed by atoms with E-state index in [1.165, 1.54) is 26.1 Å². The molecule has 2 aromatic rings. The Hall–Kier alpha value is -1.83. The van der Waals surface area contributed by atoms with Crippen LogP contribution in [0.4, 0.5) is 17.6 Å². The van der Waals surface area contributed by atoms with Crippen LogP contribution in [0.3, 0.4) is 0 Å². The van der Waals surface area contributed by atoms with Gasteiger partial charge in [0.05, 0.1) is 22.0 Å². The summed E-state index contributed by atoms with van der Waals surface area (Å²) in [4.78, 5) is 4.18. The van der Waals surface area contributed by atoms with Gasteiger partial charge >= 0.3 is 6.61 Å². The summed E-state index contributed by atoms with van der Waals surface area (Å²) < 4.78 is 58.4. The Balaban J connectivity index is 2.56. The van der Waals surface area contributed by atoms with Crippen molar-refractivity contribution < 1.29 is 22.3 Å². The molecule has 4 nitrogen and oxygen atoms in total. The van der Waals surface area contributed by atoms with Gasteiger partial charge in [-0.05, 0) is 13.3 Å². The van der Waals surface area contributed by atoms with Crippen molar-refractivity contribution in [1.29, 1.82) is 0 Å². The van der Waals surface area contributed by atoms with Gasteiger partial charge in [-0.3, -0.25) is 9.67 Å². The van der Waals surface area contributed by atoms with E-state index in [1.54, 1.807) is 4.68 Å². The van der Waals surface area contributed by atoms with Crippen LogP contribution >= 0.6 is 11.6 Å². The first-order valence-corrected chi connectivity index (χ1v) is 8.95. The fourth-order valence-electron chi connectivity index (χ4n) is 2.69. The Morgan fingerprint density at radius 2 is 1.89 bits per heavy atom. The summed E-state index contributed by atoms with van der Waals surface area (Å²) in [5.74, 6) is -0.167. The van der Waals surface area contributed by atoms with Crippen molar-refractivity contribution in [3.05, 3.63) is 28.7 Å². The molecule has 2 rings (SSSR count). The van der Waals surface area contributed by atoms with Gasteiger partial charge in [0.2, 0.25) is 6.43 Å². The zero-order valence-corrected chi connectivity index (χ0v) is 16.3. The third-order valence-electron chi connectivity index (χ3n) is 4.22. The predicted molar refractivity (Wildman–Crippen MR) is 95.6 cm³/mol. The first-order valence-electron chi connectivity index (χ1n) is 8.58. The smallest absolute Gasteiger partial charge is 0.387 e. The third-order valence-corrected chi connectivity index (χ3v) is 4.61. The molecule has 0 aliphatic carbocycles. The Kier molecular flexibility index (Phi) is 6.72. The molecule has 0 saturated heterocycles. The summed E-state index contributed by atoms with van der Waals surface area (Å²) in [5, 5.41) is 4.70. The minimum Gasteiger partial charge on any atom is -0.434 e. The lowest BCUT2D eigenvalue weighted by atomic mass is 9.88. The minimum atomic E-state index is -3.08. The molecule has 0 aromatic carbocycles. The number of nitrogens with zero attached hydrogens (tertiary/aromatic N) is 3. The standard InChI is InChI=1S/C18H22ClF4N3O/c1-5-12-14(19)15(26(6-2)25-12)11-9-24-10(7-13(11)27-17(22)23)8-18(3,4)16(20)21/h7,9,16-17H,5-6,8H2,1-4H3. The van der Waals surface area contributed by atoms with E-state index in [0.29, 0.717) is 29.4 Å². The van der Waals surface area contributed by atoms with Crippen molar-refractivity contribution >= 4 is 11.6 Å². The molecule has 2 heterocycles. The van der Waals surface area contributed by atoms with Gasteiger partial charge in [0, 0.05) is 36.3 Å². The maximum Gasteiger partial charge on any atom is 0.387 e. The lowest BCUT2D eigenvalue weighted by Gasteiger charge is -2.23. The Morgan fingerprint density at radius 1 is 1.22 bits per heavy atom. The van der Waals surface area contributed by atoms with Gasteiger partial charge < -0.3 is 4.74 Å². The molecule has 0 aliphatic rings. The number of hydrogen-bond acceptors (Lipinski definition) is 3. The van der Waals surface area contributed by atoms with Gasteiger partial charge in [0.15, 0.2) is 0 Å². The van der Waals surface area contributed by atoms with Gasteiger partial charge in [0.25, 0.3) is 0 Å². The summed E-state index contributed by atoms with van der Waals surface area (Å²) >= 11 is 6.39. The Morgan fingerprint density at radius 3 is 2.41 bits per heavy atom. The SMILES string of the molecule is CCc1nn(CC)c(-c2cnc(CC(C)(C)C(F)F)cc2OC(F)F)c1Cl. The normalized spacial score (nSPS) is 12.3. The second-order valence-electron chi connectivity index (χ2n) is 6.79. The molecule has 0 spiro atoms. The molecular formula is C18H22ClF4N3O. The maximum atomic E-state index is 13.1. The largest absolute Gasteiger partial charge is 0.434 e. The number of pyridine rings is 1. The molecule has 0 unspecified atom stereocenters. The lowest BCUT2D eigenvalue weighted by Crippen LogP contribution is -2.25. The zero-order valence-electron chi connectivity index (χ0n) is 15.6. The van der Waals surface area contributed by atoms with Crippen molar-refractivity contribution in [2.45, 2.75) is 60.1 Å². The molecule has 150 valence electrons. The molecule has 2 aromatic heterocycles. The molecule has 0 saturated carbocycles. The van der Waals surface area contributed by atoms with E-state index in [2.05, 4.69) is 14.8 Å². The average molecular weight is 408 g/mol. The average Bonchev–Trinajstić information content (AvgIpc) is 2.90. The van der Waals surface area contributed by atoms with Crippen molar-refractivity contribution in [1.82, 2.24) is 14.8 Å². The highest BCUT2D eigenvalue weighted by molar-refractivity contribution is 6.33. The maximum absolute atomic E-state index is 13.1. The molecule has 0 bridgehead atoms. The second-order valence-corrected chi connectivity index (χ2v) is 7.17. The summed E-state index contributed by atoms with van der Waals surface area (Å²) in [6.45, 7) is 3.87. The number of alkyl halides is 4. The minimum absolute atomic E-state index is 0.0917. The molecule has 0 fully saturated rings. The summed E-state index contributed by atoms with van der Waals surface area (Å²) in [6.07, 6.45) is -0.784. The molecule has 0 amide bonds. The molecular weight excluding hydrogens is 386 g/mol. The number of ether oxygens (including phenoxy) is 1. The molecule has 0 atom stereocenters. The lowest BCUT2D eigenvalue weighted by molar-refractivity contribution is -0.0496. The summed E-state index contributed by atoms with van der Waals surface area (Å²) in [6, 6.07) is 1.26. The quantitative estimate of drug-likeness (QED) is 0.533. The van der Waals surface area contributed by atoms with E-state index in [1.807, 2.05) is 13.8 Å². The van der Waals surface area contributed by atoms with E-state index in [-0.39, 0.29) is 23.4 Å². The second kappa shape index (κ2) is 8.46. The molecule has 0 aliphatic heterocycles. The molecule has 0 radical (unpaired) electrons. The van der Waals surface area contributed by atoms with Crippen molar-refractivity contribution in [2.24, 2.45) is 5.41 Å². The molecule has 0 N–H and O–H groups in total. The monoisotopic (exact) mass is 407 g/mol. The number of halogens is 5. The van der Waals surface area contributed by atoms with Crippen molar-refractivity contribution in [2.75, 3.05) is 0 Å².